The van der Waals surface area contributed by atoms with Gasteiger partial charge in [0.1, 0.15) is 6.10 Å². The van der Waals surface area contributed by atoms with Gasteiger partial charge in [0.2, 0.25) is 0 Å². The third-order valence-corrected chi connectivity index (χ3v) is 2.00. The molecule has 11 heavy (non-hydrogen) atoms. The summed E-state index contributed by atoms with van der Waals surface area (Å²) in [6.07, 6.45) is 2.32. The Morgan fingerprint density at radius 3 is 2.91 bits per heavy atom. The molecule has 4 heteroatoms. The van der Waals surface area contributed by atoms with Crippen LogP contribution in [0.1, 0.15) is 11.7 Å². The van der Waals surface area contributed by atoms with Crippen LogP contribution in [-0.4, -0.2) is 21.8 Å². The zero-order valence-electron chi connectivity index (χ0n) is 5.74. The quantitative estimate of drug-likeness (QED) is 0.774. The highest BCUT2D eigenvalue weighted by Gasteiger charge is 2.08. The third-order valence-electron chi connectivity index (χ3n) is 1.34. The summed E-state index contributed by atoms with van der Waals surface area (Å²) in [4.78, 5) is 3.82. The van der Waals surface area contributed by atoms with Crippen LogP contribution >= 0.6 is 15.9 Å². The van der Waals surface area contributed by atoms with Gasteiger partial charge in [-0.1, -0.05) is 0 Å². The van der Waals surface area contributed by atoms with Crippen molar-refractivity contribution in [3.8, 4) is 0 Å². The number of hydrogen-bond acceptors (Lipinski definition) is 3. The van der Waals surface area contributed by atoms with Crippen LogP contribution in [0.3, 0.4) is 0 Å². The molecule has 1 aromatic heterocycles. The van der Waals surface area contributed by atoms with Crippen molar-refractivity contribution in [2.45, 2.75) is 6.10 Å². The highest BCUT2D eigenvalue weighted by molar-refractivity contribution is 9.10. The average molecular weight is 218 g/mol. The topological polar surface area (TPSA) is 53.4 Å². The van der Waals surface area contributed by atoms with E-state index in [-0.39, 0.29) is 6.61 Å². The minimum Gasteiger partial charge on any atom is -0.393 e. The molecule has 0 spiro atoms. The molecule has 0 fully saturated rings. The third kappa shape index (κ3) is 1.99. The van der Waals surface area contributed by atoms with Crippen molar-refractivity contribution in [2.75, 3.05) is 6.61 Å². The zero-order valence-corrected chi connectivity index (χ0v) is 7.32. The highest BCUT2D eigenvalue weighted by Crippen LogP contribution is 2.21. The first-order valence-corrected chi connectivity index (χ1v) is 3.93. The Labute approximate surface area is 72.8 Å². The smallest absolute Gasteiger partial charge is 0.103 e. The lowest BCUT2D eigenvalue weighted by atomic mass is 10.2. The zero-order chi connectivity index (χ0) is 8.27. The average Bonchev–Trinajstić information content (AvgIpc) is 2.04. The number of aliphatic hydroxyl groups is 2. The van der Waals surface area contributed by atoms with E-state index in [1.807, 2.05) is 0 Å². The van der Waals surface area contributed by atoms with Gasteiger partial charge in [-0.2, -0.15) is 0 Å². The molecule has 0 saturated heterocycles. The van der Waals surface area contributed by atoms with Gasteiger partial charge in [-0.25, -0.2) is 0 Å². The standard InChI is InChI=1S/C7H8BrNO2/c8-6-3-9-2-1-5(6)7(11)4-10/h1-3,7,10-11H,4H2. The maximum atomic E-state index is 9.20. The SMILES string of the molecule is OCC(O)c1ccncc1Br. The van der Waals surface area contributed by atoms with E-state index in [9.17, 15) is 5.11 Å². The minimum atomic E-state index is -0.827. The highest BCUT2D eigenvalue weighted by atomic mass is 79.9. The molecule has 1 rings (SSSR count). The fourth-order valence-electron chi connectivity index (χ4n) is 0.755. The molecule has 0 amide bonds. The molecule has 1 heterocycles. The largest absolute Gasteiger partial charge is 0.393 e. The maximum absolute atomic E-state index is 9.20. The Kier molecular flexibility index (Phi) is 2.99. The molecule has 2 N–H and O–H groups in total. The summed E-state index contributed by atoms with van der Waals surface area (Å²) in [5.74, 6) is 0. The number of nitrogens with zero attached hydrogens (tertiary/aromatic N) is 1. The van der Waals surface area contributed by atoms with Crippen LogP contribution in [0.2, 0.25) is 0 Å². The van der Waals surface area contributed by atoms with Gasteiger partial charge in [0.15, 0.2) is 0 Å². The number of hydrogen-bond donors (Lipinski definition) is 2. The summed E-state index contributed by atoms with van der Waals surface area (Å²) in [6, 6.07) is 1.66. The van der Waals surface area contributed by atoms with Crippen molar-refractivity contribution < 1.29 is 10.2 Å². The Balaban J connectivity index is 2.93. The van der Waals surface area contributed by atoms with Gasteiger partial charge in [0.25, 0.3) is 0 Å². The monoisotopic (exact) mass is 217 g/mol. The van der Waals surface area contributed by atoms with Crippen LogP contribution in [0.15, 0.2) is 22.9 Å². The summed E-state index contributed by atoms with van der Waals surface area (Å²) < 4.78 is 0.710. The van der Waals surface area contributed by atoms with Crippen molar-refractivity contribution in [2.24, 2.45) is 0 Å². The van der Waals surface area contributed by atoms with Gasteiger partial charge in [-0.05, 0) is 22.0 Å². The molecule has 1 unspecified atom stereocenters. The second-order valence-corrected chi connectivity index (χ2v) is 2.95. The lowest BCUT2D eigenvalue weighted by Crippen LogP contribution is -2.03. The number of halogens is 1. The van der Waals surface area contributed by atoms with Crippen LogP contribution in [-0.2, 0) is 0 Å². The van der Waals surface area contributed by atoms with E-state index in [2.05, 4.69) is 20.9 Å². The minimum absolute atomic E-state index is 0.275. The number of rotatable bonds is 2. The van der Waals surface area contributed by atoms with Crippen molar-refractivity contribution in [1.82, 2.24) is 4.98 Å². The molecule has 60 valence electrons. The lowest BCUT2D eigenvalue weighted by molar-refractivity contribution is 0.0950. The van der Waals surface area contributed by atoms with Crippen molar-refractivity contribution in [3.05, 3.63) is 28.5 Å². The van der Waals surface area contributed by atoms with E-state index >= 15 is 0 Å². The van der Waals surface area contributed by atoms with Gasteiger partial charge >= 0.3 is 0 Å². The first-order chi connectivity index (χ1) is 5.25. The summed E-state index contributed by atoms with van der Waals surface area (Å²) in [5, 5.41) is 17.8. The summed E-state index contributed by atoms with van der Waals surface area (Å²) in [5.41, 5.74) is 0.655. The summed E-state index contributed by atoms with van der Waals surface area (Å²) >= 11 is 3.20. The van der Waals surface area contributed by atoms with E-state index in [1.165, 1.54) is 0 Å². The predicted molar refractivity (Wildman–Crippen MR) is 44.0 cm³/mol. The summed E-state index contributed by atoms with van der Waals surface area (Å²) in [7, 11) is 0. The molecule has 0 aromatic carbocycles. The maximum Gasteiger partial charge on any atom is 0.103 e. The molecule has 1 atom stereocenters. The van der Waals surface area contributed by atoms with Crippen molar-refractivity contribution in [1.29, 1.82) is 0 Å². The molecule has 0 aliphatic rings. The Morgan fingerprint density at radius 2 is 2.36 bits per heavy atom. The predicted octanol–water partition coefficient (Wildman–Crippen LogP) is 0.870. The van der Waals surface area contributed by atoms with Crippen molar-refractivity contribution in [3.63, 3.8) is 0 Å². The fourth-order valence-corrected chi connectivity index (χ4v) is 1.27. The van der Waals surface area contributed by atoms with Gasteiger partial charge in [0.05, 0.1) is 6.61 Å². The Bertz CT molecular complexity index is 242. The van der Waals surface area contributed by atoms with E-state index in [0.29, 0.717) is 10.0 Å². The van der Waals surface area contributed by atoms with E-state index in [4.69, 9.17) is 5.11 Å². The molecule has 1 aromatic rings. The lowest BCUT2D eigenvalue weighted by Gasteiger charge is -2.07. The van der Waals surface area contributed by atoms with Crippen LogP contribution in [0.5, 0.6) is 0 Å². The van der Waals surface area contributed by atoms with Crippen molar-refractivity contribution >= 4 is 15.9 Å². The number of aromatic nitrogens is 1. The second kappa shape index (κ2) is 3.80. The van der Waals surface area contributed by atoms with Crippen LogP contribution in [0, 0.1) is 0 Å². The summed E-state index contributed by atoms with van der Waals surface area (Å²) in [6.45, 7) is -0.275. The van der Waals surface area contributed by atoms with Crippen LogP contribution in [0.4, 0.5) is 0 Å². The van der Waals surface area contributed by atoms with Gasteiger partial charge in [-0.3, -0.25) is 4.98 Å². The fraction of sp³-hybridized carbons (Fsp3) is 0.286. The van der Waals surface area contributed by atoms with Gasteiger partial charge in [0, 0.05) is 22.4 Å². The van der Waals surface area contributed by atoms with Crippen LogP contribution in [0.25, 0.3) is 0 Å². The molecular formula is C7H8BrNO2. The Hall–Kier alpha value is -0.450. The van der Waals surface area contributed by atoms with E-state index in [1.54, 1.807) is 18.5 Å². The molecule has 0 aliphatic carbocycles. The van der Waals surface area contributed by atoms with E-state index < -0.39 is 6.10 Å². The van der Waals surface area contributed by atoms with Gasteiger partial charge < -0.3 is 10.2 Å². The first-order valence-electron chi connectivity index (χ1n) is 3.14. The molecular weight excluding hydrogens is 210 g/mol. The second-order valence-electron chi connectivity index (χ2n) is 2.10. The number of aliphatic hydroxyl groups excluding tert-OH is 2. The van der Waals surface area contributed by atoms with Gasteiger partial charge in [-0.15, -0.1) is 0 Å². The number of pyridine rings is 1. The normalized spacial score (nSPS) is 13.0. The molecule has 0 aliphatic heterocycles. The first kappa shape index (κ1) is 8.64. The molecule has 0 saturated carbocycles. The van der Waals surface area contributed by atoms with Crippen LogP contribution < -0.4 is 0 Å². The molecule has 0 bridgehead atoms. The molecule has 0 radical (unpaired) electrons. The molecule has 3 nitrogen and oxygen atoms in total. The Morgan fingerprint density at radius 1 is 1.64 bits per heavy atom. The van der Waals surface area contributed by atoms with E-state index in [0.717, 1.165) is 0 Å².